The topological polar surface area (TPSA) is 12.0 Å². The van der Waals surface area contributed by atoms with E-state index >= 15 is 0 Å². The van der Waals surface area contributed by atoms with Gasteiger partial charge in [-0.25, -0.2) is 0 Å². The number of nitrogens with one attached hydrogen (secondary N) is 1. The van der Waals surface area contributed by atoms with Gasteiger partial charge in [-0.05, 0) is 43.6 Å². The van der Waals surface area contributed by atoms with Crippen LogP contribution in [-0.2, 0) is 0 Å². The summed E-state index contributed by atoms with van der Waals surface area (Å²) < 4.78 is 0. The summed E-state index contributed by atoms with van der Waals surface area (Å²) in [5, 5.41) is 3.54. The minimum absolute atomic E-state index is 0.976. The average Bonchev–Trinajstić information content (AvgIpc) is 2.18. The molecule has 1 saturated heterocycles. The van der Waals surface area contributed by atoms with Gasteiger partial charge in [0.05, 0.1) is 0 Å². The van der Waals surface area contributed by atoms with Crippen molar-refractivity contribution in [2.24, 2.45) is 17.8 Å². The average molecular weight is 123 g/mol. The zero-order chi connectivity index (χ0) is 5.84. The van der Waals surface area contributed by atoms with E-state index in [9.17, 15) is 0 Å². The van der Waals surface area contributed by atoms with Crippen LogP contribution in [0.3, 0.4) is 0 Å². The molecule has 0 amide bonds. The fourth-order valence-corrected chi connectivity index (χ4v) is 3.13. The van der Waals surface area contributed by atoms with E-state index in [4.69, 9.17) is 0 Å². The van der Waals surface area contributed by atoms with Gasteiger partial charge >= 0.3 is 0 Å². The van der Waals surface area contributed by atoms with Crippen molar-refractivity contribution < 1.29 is 0 Å². The van der Waals surface area contributed by atoms with Gasteiger partial charge in [-0.15, -0.1) is 0 Å². The summed E-state index contributed by atoms with van der Waals surface area (Å²) >= 11 is 0. The van der Waals surface area contributed by atoms with Crippen LogP contribution in [-0.4, -0.2) is 12.6 Å². The van der Waals surface area contributed by atoms with Crippen LogP contribution in [0.25, 0.3) is 0 Å². The SMILES string of the molecule is C1CC2CC1[C@H]1CN[C@@H]21. The molecule has 1 aliphatic heterocycles. The smallest absolute Gasteiger partial charge is 0.0139 e. The lowest BCUT2D eigenvalue weighted by Gasteiger charge is -2.41. The molecule has 3 aliphatic rings. The highest BCUT2D eigenvalue weighted by Crippen LogP contribution is 2.51. The van der Waals surface area contributed by atoms with Gasteiger partial charge in [0.2, 0.25) is 0 Å². The number of hydrogen-bond donors (Lipinski definition) is 1. The van der Waals surface area contributed by atoms with Crippen molar-refractivity contribution in [2.75, 3.05) is 6.54 Å². The van der Waals surface area contributed by atoms with Crippen LogP contribution in [0.2, 0.25) is 0 Å². The Morgan fingerprint density at radius 2 is 2.00 bits per heavy atom. The monoisotopic (exact) mass is 123 g/mol. The third-order valence-corrected chi connectivity index (χ3v) is 3.68. The Bertz CT molecular complexity index is 124. The summed E-state index contributed by atoms with van der Waals surface area (Å²) in [5.74, 6) is 3.35. The van der Waals surface area contributed by atoms with Crippen molar-refractivity contribution in [1.82, 2.24) is 5.32 Å². The van der Waals surface area contributed by atoms with E-state index in [1.165, 1.54) is 13.0 Å². The second kappa shape index (κ2) is 1.34. The van der Waals surface area contributed by atoms with Gasteiger partial charge in [0.25, 0.3) is 0 Å². The van der Waals surface area contributed by atoms with Crippen LogP contribution in [0.5, 0.6) is 0 Å². The van der Waals surface area contributed by atoms with Crippen molar-refractivity contribution in [2.45, 2.75) is 25.3 Å². The highest BCUT2D eigenvalue weighted by Gasteiger charge is 2.51. The fourth-order valence-electron chi connectivity index (χ4n) is 3.13. The van der Waals surface area contributed by atoms with E-state index in [2.05, 4.69) is 5.32 Å². The summed E-state index contributed by atoms with van der Waals surface area (Å²) in [6, 6.07) is 0.976. The Labute approximate surface area is 55.8 Å². The van der Waals surface area contributed by atoms with Crippen LogP contribution >= 0.6 is 0 Å². The van der Waals surface area contributed by atoms with Crippen molar-refractivity contribution in [3.05, 3.63) is 0 Å². The van der Waals surface area contributed by atoms with E-state index in [1.54, 1.807) is 12.8 Å². The van der Waals surface area contributed by atoms with E-state index in [-0.39, 0.29) is 0 Å². The highest BCUT2D eigenvalue weighted by atomic mass is 15.0. The first-order valence-electron chi connectivity index (χ1n) is 4.18. The summed E-state index contributed by atoms with van der Waals surface area (Å²) in [5.41, 5.74) is 0. The predicted molar refractivity (Wildman–Crippen MR) is 36.1 cm³/mol. The molecule has 3 rings (SSSR count). The molecule has 0 spiro atoms. The molecule has 0 radical (unpaired) electrons. The molecular formula is C8H13N. The van der Waals surface area contributed by atoms with Crippen LogP contribution in [0.4, 0.5) is 0 Å². The summed E-state index contributed by atoms with van der Waals surface area (Å²) in [7, 11) is 0. The van der Waals surface area contributed by atoms with E-state index in [0.29, 0.717) is 0 Å². The second-order valence-corrected chi connectivity index (χ2v) is 3.93. The molecule has 1 N–H and O–H groups in total. The van der Waals surface area contributed by atoms with Gasteiger partial charge in [0, 0.05) is 6.04 Å². The summed E-state index contributed by atoms with van der Waals surface area (Å²) in [4.78, 5) is 0. The third-order valence-electron chi connectivity index (χ3n) is 3.68. The Morgan fingerprint density at radius 1 is 1.11 bits per heavy atom. The highest BCUT2D eigenvalue weighted by molar-refractivity contribution is 5.06. The number of hydrogen-bond acceptors (Lipinski definition) is 1. The van der Waals surface area contributed by atoms with E-state index < -0.39 is 0 Å². The van der Waals surface area contributed by atoms with Crippen LogP contribution in [0.1, 0.15) is 19.3 Å². The van der Waals surface area contributed by atoms with Crippen LogP contribution in [0, 0.1) is 17.8 Å². The van der Waals surface area contributed by atoms with E-state index in [0.717, 1.165) is 23.8 Å². The molecule has 1 heterocycles. The van der Waals surface area contributed by atoms with Gasteiger partial charge in [-0.3, -0.25) is 0 Å². The van der Waals surface area contributed by atoms with Gasteiger partial charge in [-0.1, -0.05) is 0 Å². The fraction of sp³-hybridized carbons (Fsp3) is 1.00. The largest absolute Gasteiger partial charge is 0.313 e. The number of fused-ring (bicyclic) bond motifs is 5. The van der Waals surface area contributed by atoms with Crippen molar-refractivity contribution in [3.63, 3.8) is 0 Å². The molecule has 0 aromatic rings. The minimum atomic E-state index is 0.976. The first-order valence-corrected chi connectivity index (χ1v) is 4.18. The van der Waals surface area contributed by atoms with Crippen LogP contribution < -0.4 is 5.32 Å². The van der Waals surface area contributed by atoms with Crippen molar-refractivity contribution >= 4 is 0 Å². The maximum atomic E-state index is 3.54. The lowest BCUT2D eigenvalue weighted by molar-refractivity contribution is 0.153. The number of rotatable bonds is 0. The summed E-state index contributed by atoms with van der Waals surface area (Å²) in [6.45, 7) is 1.34. The lowest BCUT2D eigenvalue weighted by Crippen LogP contribution is -2.55. The molecule has 1 nitrogen and oxygen atoms in total. The molecule has 2 bridgehead atoms. The molecule has 4 atom stereocenters. The first kappa shape index (κ1) is 4.73. The molecule has 9 heavy (non-hydrogen) atoms. The van der Waals surface area contributed by atoms with Crippen LogP contribution in [0.15, 0.2) is 0 Å². The molecule has 2 unspecified atom stereocenters. The molecule has 2 saturated carbocycles. The van der Waals surface area contributed by atoms with Gasteiger partial charge < -0.3 is 5.32 Å². The predicted octanol–water partition coefficient (Wildman–Crippen LogP) is 1.00. The Kier molecular flexibility index (Phi) is 0.704. The molecule has 3 fully saturated rings. The quantitative estimate of drug-likeness (QED) is 0.507. The Morgan fingerprint density at radius 3 is 2.44 bits per heavy atom. The maximum absolute atomic E-state index is 3.54. The molecule has 1 heteroatoms. The molecule has 0 aromatic carbocycles. The van der Waals surface area contributed by atoms with Crippen molar-refractivity contribution in [3.8, 4) is 0 Å². The van der Waals surface area contributed by atoms with Gasteiger partial charge in [-0.2, -0.15) is 0 Å². The van der Waals surface area contributed by atoms with Gasteiger partial charge in [0.1, 0.15) is 0 Å². The Hall–Kier alpha value is -0.0400. The summed E-state index contributed by atoms with van der Waals surface area (Å²) in [6.07, 6.45) is 4.63. The third kappa shape index (κ3) is 0.420. The lowest BCUT2D eigenvalue weighted by atomic mass is 9.79. The Balaban J connectivity index is 1.94. The first-order chi connectivity index (χ1) is 4.45. The maximum Gasteiger partial charge on any atom is 0.0139 e. The second-order valence-electron chi connectivity index (χ2n) is 3.93. The molecule has 50 valence electrons. The normalized spacial score (nSPS) is 61.3. The zero-order valence-corrected chi connectivity index (χ0v) is 5.64. The van der Waals surface area contributed by atoms with E-state index in [1.807, 2.05) is 0 Å². The zero-order valence-electron chi connectivity index (χ0n) is 5.64. The molecule has 0 aromatic heterocycles. The van der Waals surface area contributed by atoms with Gasteiger partial charge in [0.15, 0.2) is 0 Å². The minimum Gasteiger partial charge on any atom is -0.313 e. The van der Waals surface area contributed by atoms with Crippen molar-refractivity contribution in [1.29, 1.82) is 0 Å². The molecule has 2 aliphatic carbocycles. The standard InChI is InChI=1S/C8H13N/c1-2-6-3-5(1)7-4-9-8(6)7/h5-9H,1-4H2/t5?,6?,7-,8+/m1/s1. The molecular weight excluding hydrogens is 110 g/mol.